The number of nitrogens with one attached hydrogen (secondary N) is 2. The van der Waals surface area contributed by atoms with Crippen molar-refractivity contribution in [1.29, 1.82) is 0 Å². The van der Waals surface area contributed by atoms with Crippen LogP contribution in [0.1, 0.15) is 24.8 Å². The first-order chi connectivity index (χ1) is 12.5. The number of benzene rings is 2. The maximum Gasteiger partial charge on any atom is 0.240 e. The van der Waals surface area contributed by atoms with Crippen LogP contribution in [-0.2, 0) is 9.59 Å². The number of hydrazone groups is 1. The molecule has 2 N–H and O–H groups in total. The maximum atomic E-state index is 11.9. The van der Waals surface area contributed by atoms with E-state index >= 15 is 0 Å². The van der Waals surface area contributed by atoms with Crippen molar-refractivity contribution in [3.8, 4) is 0 Å². The summed E-state index contributed by atoms with van der Waals surface area (Å²) >= 11 is 15.2. The molecule has 8 heteroatoms. The second-order valence-electron chi connectivity index (χ2n) is 5.34. The second-order valence-corrected chi connectivity index (χ2v) is 7.04. The predicted octanol–water partition coefficient (Wildman–Crippen LogP) is 5.02. The lowest BCUT2D eigenvalue weighted by Gasteiger charge is -2.06. The standard InChI is InChI=1S/C18H16BrCl2N3O2/c19-14-4-1-2-5-16(14)23-17(25)6-3-7-18(26)24-22-11-12-8-9-13(20)10-15(12)21/h1-2,4-5,8-11H,3,6-7H2,(H,23,25)(H,24,26)/b22-11-. The highest BCUT2D eigenvalue weighted by Gasteiger charge is 2.07. The van der Waals surface area contributed by atoms with Crippen LogP contribution in [0.2, 0.25) is 10.0 Å². The van der Waals surface area contributed by atoms with Crippen LogP contribution in [0.25, 0.3) is 0 Å². The van der Waals surface area contributed by atoms with Gasteiger partial charge in [-0.05, 0) is 46.6 Å². The van der Waals surface area contributed by atoms with Gasteiger partial charge < -0.3 is 5.32 Å². The van der Waals surface area contributed by atoms with E-state index in [4.69, 9.17) is 23.2 Å². The monoisotopic (exact) mass is 455 g/mol. The molecule has 0 unspecified atom stereocenters. The van der Waals surface area contributed by atoms with Crippen LogP contribution in [0.15, 0.2) is 52.0 Å². The number of para-hydroxylation sites is 1. The fraction of sp³-hybridized carbons (Fsp3) is 0.167. The van der Waals surface area contributed by atoms with Crippen LogP contribution < -0.4 is 10.7 Å². The molecule has 0 fully saturated rings. The van der Waals surface area contributed by atoms with Crippen LogP contribution in [0.3, 0.4) is 0 Å². The van der Waals surface area contributed by atoms with Crippen LogP contribution in [-0.4, -0.2) is 18.0 Å². The lowest BCUT2D eigenvalue weighted by molar-refractivity contribution is -0.121. The Kier molecular flexibility index (Phi) is 8.09. The third kappa shape index (κ3) is 6.78. The fourth-order valence-corrected chi connectivity index (χ4v) is 2.86. The van der Waals surface area contributed by atoms with Gasteiger partial charge in [-0.15, -0.1) is 0 Å². The molecule has 5 nitrogen and oxygen atoms in total. The minimum atomic E-state index is -0.278. The van der Waals surface area contributed by atoms with Crippen molar-refractivity contribution >= 4 is 62.8 Å². The van der Waals surface area contributed by atoms with Crippen molar-refractivity contribution in [1.82, 2.24) is 5.43 Å². The summed E-state index contributed by atoms with van der Waals surface area (Å²) in [5.74, 6) is -0.429. The Bertz CT molecular complexity index is 828. The number of amides is 2. The summed E-state index contributed by atoms with van der Waals surface area (Å²) in [6.07, 6.45) is 2.28. The van der Waals surface area contributed by atoms with Gasteiger partial charge in [0.05, 0.1) is 16.9 Å². The average molecular weight is 457 g/mol. The van der Waals surface area contributed by atoms with E-state index in [1.807, 2.05) is 18.2 Å². The highest BCUT2D eigenvalue weighted by atomic mass is 79.9. The topological polar surface area (TPSA) is 70.6 Å². The molecule has 0 aliphatic rings. The third-order valence-electron chi connectivity index (χ3n) is 3.31. The molecule has 0 spiro atoms. The third-order valence-corrected chi connectivity index (χ3v) is 4.56. The Balaban J connectivity index is 1.71. The summed E-state index contributed by atoms with van der Waals surface area (Å²) in [6, 6.07) is 12.3. The quantitative estimate of drug-likeness (QED) is 0.453. The molecule has 0 aromatic heterocycles. The van der Waals surface area contributed by atoms with E-state index in [1.165, 1.54) is 6.21 Å². The molecule has 0 saturated heterocycles. The van der Waals surface area contributed by atoms with E-state index in [0.29, 0.717) is 27.7 Å². The Morgan fingerprint density at radius 2 is 1.81 bits per heavy atom. The zero-order valence-electron chi connectivity index (χ0n) is 13.6. The molecule has 0 bridgehead atoms. The van der Waals surface area contributed by atoms with Crippen molar-refractivity contribution in [3.63, 3.8) is 0 Å². The zero-order valence-corrected chi connectivity index (χ0v) is 16.7. The van der Waals surface area contributed by atoms with E-state index in [0.717, 1.165) is 4.47 Å². The molecule has 0 atom stereocenters. The van der Waals surface area contributed by atoms with Gasteiger partial charge >= 0.3 is 0 Å². The molecular formula is C18H16BrCl2N3O2. The van der Waals surface area contributed by atoms with Crippen molar-refractivity contribution in [2.24, 2.45) is 5.10 Å². The van der Waals surface area contributed by atoms with E-state index in [-0.39, 0.29) is 24.7 Å². The van der Waals surface area contributed by atoms with Crippen LogP contribution >= 0.6 is 39.1 Å². The number of carbonyl (C=O) groups is 2. The number of rotatable bonds is 7. The van der Waals surface area contributed by atoms with E-state index in [2.05, 4.69) is 31.8 Å². The largest absolute Gasteiger partial charge is 0.325 e. The van der Waals surface area contributed by atoms with Crippen LogP contribution in [0.4, 0.5) is 5.69 Å². The molecule has 0 saturated carbocycles. The van der Waals surface area contributed by atoms with E-state index in [9.17, 15) is 9.59 Å². The molecule has 0 radical (unpaired) electrons. The summed E-state index contributed by atoms with van der Waals surface area (Å²) in [7, 11) is 0. The number of hydrogen-bond donors (Lipinski definition) is 2. The number of hydrogen-bond acceptors (Lipinski definition) is 3. The average Bonchev–Trinajstić information content (AvgIpc) is 2.59. The first-order valence-corrected chi connectivity index (χ1v) is 9.32. The van der Waals surface area contributed by atoms with Crippen LogP contribution in [0.5, 0.6) is 0 Å². The Hall–Kier alpha value is -1.89. The fourth-order valence-electron chi connectivity index (χ4n) is 2.02. The van der Waals surface area contributed by atoms with Crippen molar-refractivity contribution in [2.45, 2.75) is 19.3 Å². The smallest absolute Gasteiger partial charge is 0.240 e. The lowest BCUT2D eigenvalue weighted by atomic mass is 10.2. The highest BCUT2D eigenvalue weighted by molar-refractivity contribution is 9.10. The highest BCUT2D eigenvalue weighted by Crippen LogP contribution is 2.21. The normalized spacial score (nSPS) is 10.7. The number of carbonyl (C=O) groups excluding carboxylic acids is 2. The summed E-state index contributed by atoms with van der Waals surface area (Å²) in [6.45, 7) is 0. The van der Waals surface area contributed by atoms with E-state index in [1.54, 1.807) is 24.3 Å². The molecule has 0 heterocycles. The maximum absolute atomic E-state index is 11.9. The molecule has 2 aromatic rings. The van der Waals surface area contributed by atoms with Gasteiger partial charge in [0.2, 0.25) is 11.8 Å². The molecule has 2 amide bonds. The summed E-state index contributed by atoms with van der Waals surface area (Å²) in [5, 5.41) is 7.61. The van der Waals surface area contributed by atoms with Gasteiger partial charge in [-0.25, -0.2) is 5.43 Å². The zero-order chi connectivity index (χ0) is 18.9. The minimum Gasteiger partial charge on any atom is -0.325 e. The number of halogens is 3. The predicted molar refractivity (Wildman–Crippen MR) is 109 cm³/mol. The van der Waals surface area contributed by atoms with Crippen LogP contribution in [0, 0.1) is 0 Å². The summed E-state index contributed by atoms with van der Waals surface area (Å²) in [4.78, 5) is 23.6. The van der Waals surface area contributed by atoms with Crippen molar-refractivity contribution in [2.75, 3.05) is 5.32 Å². The molecule has 2 rings (SSSR count). The SMILES string of the molecule is O=C(CCCC(=O)Nc1ccccc1Br)N/N=C\c1ccc(Cl)cc1Cl. The summed E-state index contributed by atoms with van der Waals surface area (Å²) in [5.41, 5.74) is 3.75. The lowest BCUT2D eigenvalue weighted by Crippen LogP contribution is -2.18. The number of anilines is 1. The molecular weight excluding hydrogens is 441 g/mol. The van der Waals surface area contributed by atoms with Gasteiger partial charge in [-0.2, -0.15) is 5.10 Å². The Labute approximate surface area is 169 Å². The number of nitrogens with zero attached hydrogens (tertiary/aromatic N) is 1. The minimum absolute atomic E-state index is 0.152. The first kappa shape index (κ1) is 20.4. The van der Waals surface area contributed by atoms with Gasteiger partial charge in [-0.3, -0.25) is 9.59 Å². The second kappa shape index (κ2) is 10.3. The molecule has 2 aromatic carbocycles. The van der Waals surface area contributed by atoms with Gasteiger partial charge in [-0.1, -0.05) is 41.4 Å². The Morgan fingerprint density at radius 1 is 1.08 bits per heavy atom. The van der Waals surface area contributed by atoms with Gasteiger partial charge in [0.25, 0.3) is 0 Å². The van der Waals surface area contributed by atoms with Gasteiger partial charge in [0.15, 0.2) is 0 Å². The van der Waals surface area contributed by atoms with E-state index < -0.39 is 0 Å². The molecule has 136 valence electrons. The Morgan fingerprint density at radius 3 is 2.54 bits per heavy atom. The van der Waals surface area contributed by atoms with Crippen molar-refractivity contribution in [3.05, 3.63) is 62.5 Å². The molecule has 0 aliphatic heterocycles. The molecule has 26 heavy (non-hydrogen) atoms. The van der Waals surface area contributed by atoms with Gasteiger partial charge in [0.1, 0.15) is 0 Å². The van der Waals surface area contributed by atoms with Crippen molar-refractivity contribution < 1.29 is 9.59 Å². The molecule has 0 aliphatic carbocycles. The van der Waals surface area contributed by atoms with Gasteiger partial charge in [0, 0.05) is 27.9 Å². The summed E-state index contributed by atoms with van der Waals surface area (Å²) < 4.78 is 0.807. The first-order valence-electron chi connectivity index (χ1n) is 7.77.